The number of morpholine rings is 1. The molecule has 0 radical (unpaired) electrons. The van der Waals surface area contributed by atoms with Gasteiger partial charge in [-0.15, -0.1) is 0 Å². The summed E-state index contributed by atoms with van der Waals surface area (Å²) in [6.45, 7) is 7.93. The predicted molar refractivity (Wildman–Crippen MR) is 95.4 cm³/mol. The SMILES string of the molecule is CC(C)Cc1ccc(CN2CCOC(c3ccc(F)cc3)C2)cc1. The Morgan fingerprint density at radius 3 is 2.38 bits per heavy atom. The van der Waals surface area contributed by atoms with Crippen molar-refractivity contribution in [3.05, 3.63) is 71.0 Å². The second kappa shape index (κ2) is 7.91. The van der Waals surface area contributed by atoms with Gasteiger partial charge in [-0.2, -0.15) is 0 Å². The van der Waals surface area contributed by atoms with E-state index in [1.54, 1.807) is 0 Å². The molecule has 1 atom stereocenters. The third-order valence-corrected chi connectivity index (χ3v) is 4.47. The van der Waals surface area contributed by atoms with Crippen LogP contribution in [0.25, 0.3) is 0 Å². The summed E-state index contributed by atoms with van der Waals surface area (Å²) in [4.78, 5) is 2.41. The van der Waals surface area contributed by atoms with Crippen molar-refractivity contribution in [3.8, 4) is 0 Å². The van der Waals surface area contributed by atoms with Gasteiger partial charge >= 0.3 is 0 Å². The van der Waals surface area contributed by atoms with Crippen LogP contribution in [-0.4, -0.2) is 24.6 Å². The lowest BCUT2D eigenvalue weighted by Gasteiger charge is -2.33. The van der Waals surface area contributed by atoms with E-state index in [1.165, 1.54) is 23.3 Å². The maximum absolute atomic E-state index is 13.1. The van der Waals surface area contributed by atoms with Crippen molar-refractivity contribution in [3.63, 3.8) is 0 Å². The van der Waals surface area contributed by atoms with Crippen molar-refractivity contribution in [2.75, 3.05) is 19.7 Å². The zero-order valence-electron chi connectivity index (χ0n) is 14.5. The highest BCUT2D eigenvalue weighted by atomic mass is 19.1. The number of hydrogen-bond donors (Lipinski definition) is 0. The molecule has 0 aliphatic carbocycles. The predicted octanol–water partition coefficient (Wildman–Crippen LogP) is 4.60. The van der Waals surface area contributed by atoms with E-state index < -0.39 is 0 Å². The van der Waals surface area contributed by atoms with Crippen molar-refractivity contribution < 1.29 is 9.13 Å². The lowest BCUT2D eigenvalue weighted by molar-refractivity contribution is -0.0329. The van der Waals surface area contributed by atoms with E-state index in [0.717, 1.165) is 31.6 Å². The summed E-state index contributed by atoms with van der Waals surface area (Å²) in [5, 5.41) is 0. The molecule has 1 saturated heterocycles. The molecule has 24 heavy (non-hydrogen) atoms. The molecule has 3 heteroatoms. The zero-order chi connectivity index (χ0) is 16.9. The molecule has 128 valence electrons. The van der Waals surface area contributed by atoms with Gasteiger partial charge in [-0.3, -0.25) is 4.90 Å². The first-order valence-corrected chi connectivity index (χ1v) is 8.77. The van der Waals surface area contributed by atoms with Crippen LogP contribution in [0.15, 0.2) is 48.5 Å². The second-order valence-corrected chi connectivity index (χ2v) is 7.06. The Bertz CT molecular complexity index is 636. The van der Waals surface area contributed by atoms with E-state index in [-0.39, 0.29) is 11.9 Å². The smallest absolute Gasteiger partial charge is 0.123 e. The highest BCUT2D eigenvalue weighted by Gasteiger charge is 2.22. The molecule has 3 rings (SSSR count). The highest BCUT2D eigenvalue weighted by molar-refractivity contribution is 5.23. The van der Waals surface area contributed by atoms with Crippen LogP contribution in [0.5, 0.6) is 0 Å². The molecule has 0 N–H and O–H groups in total. The highest BCUT2D eigenvalue weighted by Crippen LogP contribution is 2.23. The fourth-order valence-electron chi connectivity index (χ4n) is 3.24. The van der Waals surface area contributed by atoms with Gasteiger partial charge in [0.25, 0.3) is 0 Å². The minimum Gasteiger partial charge on any atom is -0.371 e. The topological polar surface area (TPSA) is 12.5 Å². The number of halogens is 1. The molecule has 1 fully saturated rings. The van der Waals surface area contributed by atoms with Gasteiger partial charge in [0.05, 0.1) is 12.7 Å². The maximum atomic E-state index is 13.1. The van der Waals surface area contributed by atoms with Crippen LogP contribution in [-0.2, 0) is 17.7 Å². The summed E-state index contributed by atoms with van der Waals surface area (Å²) in [7, 11) is 0. The summed E-state index contributed by atoms with van der Waals surface area (Å²) in [5.41, 5.74) is 3.79. The number of benzene rings is 2. The number of hydrogen-bond acceptors (Lipinski definition) is 2. The molecule has 1 heterocycles. The standard InChI is InChI=1S/C21H26FNO/c1-16(2)13-17-3-5-18(6-4-17)14-23-11-12-24-21(15-23)19-7-9-20(22)10-8-19/h3-10,16,21H,11-15H2,1-2H3. The Kier molecular flexibility index (Phi) is 5.64. The summed E-state index contributed by atoms with van der Waals surface area (Å²) in [6, 6.07) is 15.6. The third-order valence-electron chi connectivity index (χ3n) is 4.47. The molecule has 1 aliphatic rings. The van der Waals surface area contributed by atoms with E-state index in [9.17, 15) is 4.39 Å². The lowest BCUT2D eigenvalue weighted by atomic mass is 10.0. The Morgan fingerprint density at radius 2 is 1.71 bits per heavy atom. The van der Waals surface area contributed by atoms with E-state index in [1.807, 2.05) is 12.1 Å². The molecule has 2 aromatic rings. The molecule has 0 amide bonds. The van der Waals surface area contributed by atoms with Gasteiger partial charge in [0.1, 0.15) is 5.82 Å². The minimum atomic E-state index is -0.201. The van der Waals surface area contributed by atoms with Gasteiger partial charge in [-0.25, -0.2) is 4.39 Å². The average Bonchev–Trinajstić information content (AvgIpc) is 2.57. The van der Waals surface area contributed by atoms with E-state index in [4.69, 9.17) is 4.74 Å². The van der Waals surface area contributed by atoms with E-state index >= 15 is 0 Å². The lowest BCUT2D eigenvalue weighted by Crippen LogP contribution is -2.37. The van der Waals surface area contributed by atoms with E-state index in [2.05, 4.69) is 43.0 Å². The first-order chi connectivity index (χ1) is 11.6. The quantitative estimate of drug-likeness (QED) is 0.796. The normalized spacial score (nSPS) is 18.9. The van der Waals surface area contributed by atoms with Gasteiger partial charge in [-0.05, 0) is 41.2 Å². The van der Waals surface area contributed by atoms with Crippen LogP contribution in [0.4, 0.5) is 4.39 Å². The Labute approximate surface area is 144 Å². The van der Waals surface area contributed by atoms with Crippen molar-refractivity contribution >= 4 is 0 Å². The van der Waals surface area contributed by atoms with Crippen molar-refractivity contribution in [2.24, 2.45) is 5.92 Å². The van der Waals surface area contributed by atoms with Gasteiger partial charge in [0, 0.05) is 19.6 Å². The zero-order valence-corrected chi connectivity index (χ0v) is 14.5. The van der Waals surface area contributed by atoms with Crippen LogP contribution >= 0.6 is 0 Å². The molecule has 0 spiro atoms. The van der Waals surface area contributed by atoms with Crippen LogP contribution in [0.2, 0.25) is 0 Å². The Balaban J connectivity index is 1.59. The van der Waals surface area contributed by atoms with Crippen LogP contribution in [0.3, 0.4) is 0 Å². The number of nitrogens with zero attached hydrogens (tertiary/aromatic N) is 1. The summed E-state index contributed by atoms with van der Waals surface area (Å²) in [5.74, 6) is 0.486. The van der Waals surface area contributed by atoms with Crippen LogP contribution < -0.4 is 0 Å². The van der Waals surface area contributed by atoms with Crippen molar-refractivity contribution in [1.82, 2.24) is 4.90 Å². The maximum Gasteiger partial charge on any atom is 0.123 e. The van der Waals surface area contributed by atoms with Gasteiger partial charge in [0.15, 0.2) is 0 Å². The van der Waals surface area contributed by atoms with Gasteiger partial charge < -0.3 is 4.74 Å². The monoisotopic (exact) mass is 327 g/mol. The fourth-order valence-corrected chi connectivity index (χ4v) is 3.24. The molecule has 0 saturated carbocycles. The Morgan fingerprint density at radius 1 is 1.04 bits per heavy atom. The van der Waals surface area contributed by atoms with Crippen molar-refractivity contribution in [1.29, 1.82) is 0 Å². The molecule has 2 aromatic carbocycles. The summed E-state index contributed by atoms with van der Waals surface area (Å²) in [6.07, 6.45) is 1.16. The number of ether oxygens (including phenoxy) is 1. The van der Waals surface area contributed by atoms with Crippen LogP contribution in [0.1, 0.15) is 36.6 Å². The first kappa shape index (κ1) is 17.1. The molecular formula is C21H26FNO. The first-order valence-electron chi connectivity index (χ1n) is 8.77. The summed E-state index contributed by atoms with van der Waals surface area (Å²) < 4.78 is 18.9. The average molecular weight is 327 g/mol. The molecular weight excluding hydrogens is 301 g/mol. The van der Waals surface area contributed by atoms with Gasteiger partial charge in [0.2, 0.25) is 0 Å². The van der Waals surface area contributed by atoms with Gasteiger partial charge in [-0.1, -0.05) is 50.2 Å². The van der Waals surface area contributed by atoms with Crippen molar-refractivity contribution in [2.45, 2.75) is 32.9 Å². The molecule has 0 bridgehead atoms. The van der Waals surface area contributed by atoms with Crippen LogP contribution in [0, 0.1) is 11.7 Å². The minimum absolute atomic E-state index is 0.0274. The molecule has 1 aliphatic heterocycles. The summed E-state index contributed by atoms with van der Waals surface area (Å²) >= 11 is 0. The molecule has 1 unspecified atom stereocenters. The van der Waals surface area contributed by atoms with E-state index in [0.29, 0.717) is 12.5 Å². The Hall–Kier alpha value is -1.71. The number of rotatable bonds is 5. The molecule has 2 nitrogen and oxygen atoms in total. The largest absolute Gasteiger partial charge is 0.371 e. The third kappa shape index (κ3) is 4.65. The molecule has 0 aromatic heterocycles. The fraction of sp³-hybridized carbons (Fsp3) is 0.429. The second-order valence-electron chi connectivity index (χ2n) is 7.06.